The van der Waals surface area contributed by atoms with E-state index in [4.69, 9.17) is 0 Å². The summed E-state index contributed by atoms with van der Waals surface area (Å²) < 4.78 is 116. The molecule has 0 unspecified atom stereocenters. The molecule has 0 radical (unpaired) electrons. The lowest BCUT2D eigenvalue weighted by molar-refractivity contribution is -0.384. The van der Waals surface area contributed by atoms with Crippen molar-refractivity contribution >= 4 is 5.69 Å². The standard InChI is InChI=1S/C12H4F9N3O2/c13-9-7(11(16,17)18)8(10(14,15)12(19,20)21)22-23(9)5-3-1-2-4-6(5)24(25)26/h1-4H. The summed E-state index contributed by atoms with van der Waals surface area (Å²) in [5.41, 5.74) is -8.06. The number of halogens is 9. The van der Waals surface area contributed by atoms with Gasteiger partial charge < -0.3 is 0 Å². The molecule has 0 spiro atoms. The number of nitro benzene ring substituents is 1. The zero-order chi connectivity index (χ0) is 20.1. The number of nitro groups is 1. The first-order valence-corrected chi connectivity index (χ1v) is 6.24. The van der Waals surface area contributed by atoms with Gasteiger partial charge in [0, 0.05) is 6.07 Å². The third-order valence-corrected chi connectivity index (χ3v) is 3.07. The van der Waals surface area contributed by atoms with Crippen LogP contribution in [-0.2, 0) is 12.1 Å². The van der Waals surface area contributed by atoms with Gasteiger partial charge in [-0.1, -0.05) is 12.1 Å². The van der Waals surface area contributed by atoms with Gasteiger partial charge in [0.1, 0.15) is 11.3 Å². The van der Waals surface area contributed by atoms with Crippen molar-refractivity contribution in [1.29, 1.82) is 0 Å². The van der Waals surface area contributed by atoms with Crippen LogP contribution in [0.25, 0.3) is 5.69 Å². The van der Waals surface area contributed by atoms with Gasteiger partial charge in [0.15, 0.2) is 5.69 Å². The van der Waals surface area contributed by atoms with Crippen LogP contribution in [0.1, 0.15) is 11.3 Å². The molecule has 1 aromatic carbocycles. The average Bonchev–Trinajstić information content (AvgIpc) is 2.84. The Kier molecular flexibility index (Phi) is 4.41. The third-order valence-electron chi connectivity index (χ3n) is 3.07. The molecule has 0 aliphatic carbocycles. The lowest BCUT2D eigenvalue weighted by Gasteiger charge is -2.19. The Morgan fingerprint density at radius 2 is 1.54 bits per heavy atom. The van der Waals surface area contributed by atoms with Crippen molar-refractivity contribution in [3.05, 3.63) is 51.6 Å². The van der Waals surface area contributed by atoms with Crippen LogP contribution in [-0.4, -0.2) is 20.9 Å². The Morgan fingerprint density at radius 3 is 2.00 bits per heavy atom. The SMILES string of the molecule is O=[N+]([O-])c1ccccc1-n1nc(C(F)(F)C(F)(F)F)c(C(F)(F)F)c1F. The number of hydrogen-bond donors (Lipinski definition) is 0. The zero-order valence-electron chi connectivity index (χ0n) is 11.9. The molecule has 0 bridgehead atoms. The predicted octanol–water partition coefficient (Wildman–Crippen LogP) is 4.59. The molecule has 0 saturated heterocycles. The van der Waals surface area contributed by atoms with Gasteiger partial charge in [0.25, 0.3) is 5.69 Å². The number of rotatable bonds is 3. The van der Waals surface area contributed by atoms with Crippen LogP contribution in [0.4, 0.5) is 45.2 Å². The second-order valence-corrected chi connectivity index (χ2v) is 4.74. The van der Waals surface area contributed by atoms with Gasteiger partial charge >= 0.3 is 18.3 Å². The fraction of sp³-hybridized carbons (Fsp3) is 0.250. The van der Waals surface area contributed by atoms with Crippen LogP contribution in [0.2, 0.25) is 0 Å². The van der Waals surface area contributed by atoms with E-state index in [0.717, 1.165) is 12.1 Å². The normalized spacial score (nSPS) is 13.1. The van der Waals surface area contributed by atoms with Crippen LogP contribution < -0.4 is 0 Å². The number of hydrogen-bond acceptors (Lipinski definition) is 3. The van der Waals surface area contributed by atoms with Crippen molar-refractivity contribution < 1.29 is 44.4 Å². The van der Waals surface area contributed by atoms with E-state index in [1.54, 1.807) is 0 Å². The van der Waals surface area contributed by atoms with Crippen LogP contribution >= 0.6 is 0 Å². The molecule has 0 fully saturated rings. The van der Waals surface area contributed by atoms with E-state index in [1.807, 2.05) is 0 Å². The first kappa shape index (κ1) is 19.5. The second kappa shape index (κ2) is 5.88. The predicted molar refractivity (Wildman–Crippen MR) is 65.1 cm³/mol. The lowest BCUT2D eigenvalue weighted by atomic mass is 10.1. The highest BCUT2D eigenvalue weighted by Gasteiger charge is 2.64. The number of nitrogens with zero attached hydrogens (tertiary/aromatic N) is 3. The molecule has 1 aromatic heterocycles. The molecule has 0 saturated carbocycles. The number of para-hydroxylation sites is 2. The van der Waals surface area contributed by atoms with Gasteiger partial charge in [-0.2, -0.15) is 49.3 Å². The lowest BCUT2D eigenvalue weighted by Crippen LogP contribution is -2.36. The Bertz CT molecular complexity index is 855. The Hall–Kier alpha value is -2.80. The van der Waals surface area contributed by atoms with Crippen LogP contribution in [0.5, 0.6) is 0 Å². The Labute approximate surface area is 136 Å². The second-order valence-electron chi connectivity index (χ2n) is 4.74. The summed E-state index contributed by atoms with van der Waals surface area (Å²) in [6, 6.07) is 3.27. The minimum atomic E-state index is -6.51. The molecule has 0 aliphatic rings. The molecule has 26 heavy (non-hydrogen) atoms. The van der Waals surface area contributed by atoms with Crippen molar-refractivity contribution in [1.82, 2.24) is 9.78 Å². The molecule has 1 heterocycles. The van der Waals surface area contributed by atoms with E-state index in [9.17, 15) is 49.6 Å². The number of benzene rings is 1. The van der Waals surface area contributed by atoms with E-state index in [1.165, 1.54) is 0 Å². The number of aromatic nitrogens is 2. The summed E-state index contributed by atoms with van der Waals surface area (Å²) >= 11 is 0. The average molecular weight is 393 g/mol. The summed E-state index contributed by atoms with van der Waals surface area (Å²) in [4.78, 5) is 9.64. The highest BCUT2D eigenvalue weighted by molar-refractivity contribution is 5.52. The van der Waals surface area contributed by atoms with Crippen molar-refractivity contribution in [3.8, 4) is 5.69 Å². The van der Waals surface area contributed by atoms with E-state index >= 15 is 0 Å². The van der Waals surface area contributed by atoms with Crippen LogP contribution in [0.3, 0.4) is 0 Å². The van der Waals surface area contributed by atoms with Crippen molar-refractivity contribution in [3.63, 3.8) is 0 Å². The van der Waals surface area contributed by atoms with Crippen LogP contribution in [0, 0.1) is 16.1 Å². The van der Waals surface area contributed by atoms with E-state index in [-0.39, 0.29) is 0 Å². The molecule has 14 heteroatoms. The molecule has 2 aromatic rings. The summed E-state index contributed by atoms with van der Waals surface area (Å²) in [5.74, 6) is -8.81. The van der Waals surface area contributed by atoms with Gasteiger partial charge in [-0.05, 0) is 6.07 Å². The first-order chi connectivity index (χ1) is 11.7. The molecule has 0 amide bonds. The maximum atomic E-state index is 14.1. The van der Waals surface area contributed by atoms with Crippen molar-refractivity contribution in [2.45, 2.75) is 18.3 Å². The highest BCUT2D eigenvalue weighted by Crippen LogP contribution is 2.48. The molecule has 5 nitrogen and oxygen atoms in total. The number of alkyl halides is 8. The summed E-state index contributed by atoms with van der Waals surface area (Å²) in [6.45, 7) is 0. The maximum absolute atomic E-state index is 14.1. The third kappa shape index (κ3) is 3.06. The molecular weight excluding hydrogens is 389 g/mol. The van der Waals surface area contributed by atoms with Gasteiger partial charge in [-0.15, -0.1) is 0 Å². The monoisotopic (exact) mass is 393 g/mol. The van der Waals surface area contributed by atoms with Crippen LogP contribution in [0.15, 0.2) is 24.3 Å². The van der Waals surface area contributed by atoms with Crippen molar-refractivity contribution in [2.24, 2.45) is 0 Å². The Balaban J connectivity index is 2.88. The van der Waals surface area contributed by atoms with Gasteiger partial charge in [-0.3, -0.25) is 10.1 Å². The molecular formula is C12H4F9N3O2. The topological polar surface area (TPSA) is 61.0 Å². The smallest absolute Gasteiger partial charge is 0.258 e. The van der Waals surface area contributed by atoms with E-state index < -0.39 is 56.5 Å². The van der Waals surface area contributed by atoms with E-state index in [2.05, 4.69) is 5.10 Å². The molecule has 0 N–H and O–H groups in total. The molecule has 142 valence electrons. The highest BCUT2D eigenvalue weighted by atomic mass is 19.4. The fourth-order valence-electron chi connectivity index (χ4n) is 1.96. The quantitative estimate of drug-likeness (QED) is 0.435. The molecule has 0 atom stereocenters. The first-order valence-electron chi connectivity index (χ1n) is 6.24. The fourth-order valence-corrected chi connectivity index (χ4v) is 1.96. The summed E-state index contributed by atoms with van der Waals surface area (Å²) in [5, 5.41) is 13.2. The van der Waals surface area contributed by atoms with Gasteiger partial charge in [0.05, 0.1) is 4.92 Å². The minimum absolute atomic E-state index is 0.615. The van der Waals surface area contributed by atoms with E-state index in [0.29, 0.717) is 12.1 Å². The van der Waals surface area contributed by atoms with Crippen molar-refractivity contribution in [2.75, 3.05) is 0 Å². The summed E-state index contributed by atoms with van der Waals surface area (Å²) in [7, 11) is 0. The minimum Gasteiger partial charge on any atom is -0.258 e. The Morgan fingerprint density at radius 1 is 1.00 bits per heavy atom. The summed E-state index contributed by atoms with van der Waals surface area (Å²) in [6.07, 6.45) is -12.5. The molecule has 0 aliphatic heterocycles. The maximum Gasteiger partial charge on any atom is 0.459 e. The molecule has 2 rings (SSSR count). The zero-order valence-corrected chi connectivity index (χ0v) is 11.9. The largest absolute Gasteiger partial charge is 0.459 e. The van der Waals surface area contributed by atoms with Gasteiger partial charge in [-0.25, -0.2) is 0 Å². The van der Waals surface area contributed by atoms with Gasteiger partial charge in [0.2, 0.25) is 5.95 Å².